The second-order valence-electron chi connectivity index (χ2n) is 4.95. The van der Waals surface area contributed by atoms with Crippen LogP contribution in [0.2, 0.25) is 5.02 Å². The smallest absolute Gasteiger partial charge is 0.337 e. The molecule has 1 N–H and O–H groups in total. The van der Waals surface area contributed by atoms with E-state index in [-0.39, 0.29) is 16.5 Å². The summed E-state index contributed by atoms with van der Waals surface area (Å²) in [6.45, 7) is 0.565. The Bertz CT molecular complexity index is 442. The van der Waals surface area contributed by atoms with Gasteiger partial charge >= 0.3 is 5.97 Å². The summed E-state index contributed by atoms with van der Waals surface area (Å²) in [5.41, 5.74) is 0.0348. The van der Waals surface area contributed by atoms with Crippen molar-refractivity contribution in [1.82, 2.24) is 4.98 Å². The number of halogens is 1. The zero-order valence-electron chi connectivity index (χ0n) is 10.8. The zero-order chi connectivity index (χ0) is 13.7. The SMILES string of the molecule is O=C(O)c1ccnc(OCC2CCCCCC2)c1Cl. The Balaban J connectivity index is 1.99. The number of nitrogens with zero attached hydrogens (tertiary/aromatic N) is 1. The van der Waals surface area contributed by atoms with E-state index in [4.69, 9.17) is 21.4 Å². The van der Waals surface area contributed by atoms with Gasteiger partial charge in [-0.15, -0.1) is 0 Å². The molecule has 2 rings (SSSR count). The molecule has 1 fully saturated rings. The van der Waals surface area contributed by atoms with E-state index in [9.17, 15) is 4.79 Å². The van der Waals surface area contributed by atoms with E-state index in [1.165, 1.54) is 37.9 Å². The van der Waals surface area contributed by atoms with Crippen LogP contribution < -0.4 is 4.74 Å². The number of carboxylic acid groups (broad SMARTS) is 1. The Morgan fingerprint density at radius 2 is 2.05 bits per heavy atom. The summed E-state index contributed by atoms with van der Waals surface area (Å²) in [5, 5.41) is 9.06. The number of carbonyl (C=O) groups is 1. The first-order valence-corrected chi connectivity index (χ1v) is 7.07. The summed E-state index contributed by atoms with van der Waals surface area (Å²) in [7, 11) is 0. The minimum Gasteiger partial charge on any atom is -0.478 e. The number of rotatable bonds is 4. The number of aromatic carboxylic acids is 1. The Kier molecular flexibility index (Phi) is 5.02. The molecule has 1 aliphatic rings. The molecule has 0 aliphatic heterocycles. The van der Waals surface area contributed by atoms with Crippen LogP contribution in [-0.2, 0) is 0 Å². The fourth-order valence-corrected chi connectivity index (χ4v) is 2.66. The molecular formula is C14H18ClNO3. The van der Waals surface area contributed by atoms with Crippen LogP contribution in [0.1, 0.15) is 48.9 Å². The number of ether oxygens (including phenoxy) is 1. The molecule has 5 heteroatoms. The van der Waals surface area contributed by atoms with Crippen LogP contribution in [0.3, 0.4) is 0 Å². The molecule has 1 aliphatic carbocycles. The highest BCUT2D eigenvalue weighted by molar-refractivity contribution is 6.34. The average Bonchev–Trinajstić information content (AvgIpc) is 2.66. The second-order valence-corrected chi connectivity index (χ2v) is 5.33. The highest BCUT2D eigenvalue weighted by Crippen LogP contribution is 2.28. The lowest BCUT2D eigenvalue weighted by Gasteiger charge is -2.15. The molecule has 0 amide bonds. The Morgan fingerprint density at radius 1 is 1.37 bits per heavy atom. The molecule has 0 spiro atoms. The minimum atomic E-state index is -1.06. The quantitative estimate of drug-likeness (QED) is 0.854. The molecule has 19 heavy (non-hydrogen) atoms. The highest BCUT2D eigenvalue weighted by Gasteiger charge is 2.17. The van der Waals surface area contributed by atoms with Crippen molar-refractivity contribution in [2.24, 2.45) is 5.92 Å². The van der Waals surface area contributed by atoms with Gasteiger partial charge in [-0.25, -0.2) is 9.78 Å². The van der Waals surface area contributed by atoms with Gasteiger partial charge in [0.1, 0.15) is 5.02 Å². The number of aromatic nitrogens is 1. The van der Waals surface area contributed by atoms with Crippen LogP contribution in [0.15, 0.2) is 12.3 Å². The van der Waals surface area contributed by atoms with Crippen molar-refractivity contribution in [2.75, 3.05) is 6.61 Å². The molecule has 1 heterocycles. The van der Waals surface area contributed by atoms with Crippen molar-refractivity contribution in [1.29, 1.82) is 0 Å². The fraction of sp³-hybridized carbons (Fsp3) is 0.571. The van der Waals surface area contributed by atoms with Crippen LogP contribution in [0, 0.1) is 5.92 Å². The predicted octanol–water partition coefficient (Wildman–Crippen LogP) is 3.78. The van der Waals surface area contributed by atoms with Crippen molar-refractivity contribution in [3.8, 4) is 5.88 Å². The van der Waals surface area contributed by atoms with Gasteiger partial charge in [0, 0.05) is 6.20 Å². The molecular weight excluding hydrogens is 266 g/mol. The molecule has 0 radical (unpaired) electrons. The molecule has 0 unspecified atom stereocenters. The summed E-state index contributed by atoms with van der Waals surface area (Å²) >= 11 is 5.99. The molecule has 0 saturated heterocycles. The maximum atomic E-state index is 11.0. The van der Waals surface area contributed by atoms with Crippen LogP contribution in [-0.4, -0.2) is 22.7 Å². The topological polar surface area (TPSA) is 59.4 Å². The van der Waals surface area contributed by atoms with Crippen molar-refractivity contribution >= 4 is 17.6 Å². The summed E-state index contributed by atoms with van der Waals surface area (Å²) in [6.07, 6.45) is 8.81. The number of carboxylic acids is 1. The third-order valence-electron chi connectivity index (χ3n) is 3.52. The number of hydrogen-bond acceptors (Lipinski definition) is 3. The average molecular weight is 284 g/mol. The lowest BCUT2D eigenvalue weighted by Crippen LogP contribution is -2.12. The zero-order valence-corrected chi connectivity index (χ0v) is 11.5. The van der Waals surface area contributed by atoms with Crippen molar-refractivity contribution in [2.45, 2.75) is 38.5 Å². The van der Waals surface area contributed by atoms with Crippen molar-refractivity contribution in [3.05, 3.63) is 22.8 Å². The largest absolute Gasteiger partial charge is 0.478 e. The Morgan fingerprint density at radius 3 is 2.68 bits per heavy atom. The Labute approximate surface area is 117 Å². The number of hydrogen-bond donors (Lipinski definition) is 1. The highest BCUT2D eigenvalue weighted by atomic mass is 35.5. The maximum absolute atomic E-state index is 11.0. The van der Waals surface area contributed by atoms with Crippen LogP contribution in [0.4, 0.5) is 0 Å². The lowest BCUT2D eigenvalue weighted by molar-refractivity contribution is 0.0696. The predicted molar refractivity (Wildman–Crippen MR) is 72.9 cm³/mol. The third-order valence-corrected chi connectivity index (χ3v) is 3.88. The summed E-state index contributed by atoms with van der Waals surface area (Å²) < 4.78 is 5.62. The molecule has 4 nitrogen and oxygen atoms in total. The van der Waals surface area contributed by atoms with E-state index in [0.29, 0.717) is 12.5 Å². The van der Waals surface area contributed by atoms with Crippen molar-refractivity contribution in [3.63, 3.8) is 0 Å². The van der Waals surface area contributed by atoms with Crippen LogP contribution in [0.5, 0.6) is 5.88 Å². The molecule has 0 atom stereocenters. The standard InChI is InChI=1S/C14H18ClNO3/c15-12-11(14(17)18)7-8-16-13(12)19-9-10-5-3-1-2-4-6-10/h7-8,10H,1-6,9H2,(H,17,18). The first-order chi connectivity index (χ1) is 9.18. The first-order valence-electron chi connectivity index (χ1n) is 6.69. The van der Waals surface area contributed by atoms with Crippen molar-refractivity contribution < 1.29 is 14.6 Å². The van der Waals surface area contributed by atoms with E-state index in [1.807, 2.05) is 0 Å². The van der Waals surface area contributed by atoms with Gasteiger partial charge in [-0.3, -0.25) is 0 Å². The van der Waals surface area contributed by atoms with Gasteiger partial charge in [0.25, 0.3) is 0 Å². The van der Waals surface area contributed by atoms with Crippen LogP contribution in [0.25, 0.3) is 0 Å². The second kappa shape index (κ2) is 6.75. The third kappa shape index (κ3) is 3.83. The lowest BCUT2D eigenvalue weighted by atomic mass is 10.0. The van der Waals surface area contributed by atoms with Gasteiger partial charge < -0.3 is 9.84 Å². The maximum Gasteiger partial charge on any atom is 0.337 e. The summed E-state index contributed by atoms with van der Waals surface area (Å²) in [6, 6.07) is 1.38. The van der Waals surface area contributed by atoms with E-state index >= 15 is 0 Å². The summed E-state index contributed by atoms with van der Waals surface area (Å²) in [4.78, 5) is 15.0. The summed E-state index contributed by atoms with van der Waals surface area (Å²) in [5.74, 6) is -0.314. The van der Waals surface area contributed by atoms with E-state index in [1.54, 1.807) is 0 Å². The normalized spacial score (nSPS) is 16.9. The van der Waals surface area contributed by atoms with Gasteiger partial charge in [0.2, 0.25) is 5.88 Å². The van der Waals surface area contributed by atoms with Crippen LogP contribution >= 0.6 is 11.6 Å². The molecule has 0 bridgehead atoms. The van der Waals surface area contributed by atoms with Gasteiger partial charge in [-0.05, 0) is 24.8 Å². The van der Waals surface area contributed by atoms with Gasteiger partial charge in [0.05, 0.1) is 12.2 Å². The first kappa shape index (κ1) is 14.1. The monoisotopic (exact) mass is 283 g/mol. The molecule has 0 aromatic carbocycles. The minimum absolute atomic E-state index is 0.0348. The molecule has 1 aromatic heterocycles. The molecule has 1 saturated carbocycles. The fourth-order valence-electron chi connectivity index (χ4n) is 2.42. The van der Waals surface area contributed by atoms with E-state index in [0.717, 1.165) is 12.8 Å². The van der Waals surface area contributed by atoms with Gasteiger partial charge in [-0.2, -0.15) is 0 Å². The Hall–Kier alpha value is -1.29. The van der Waals surface area contributed by atoms with E-state index < -0.39 is 5.97 Å². The van der Waals surface area contributed by atoms with Gasteiger partial charge in [0.15, 0.2) is 0 Å². The molecule has 1 aromatic rings. The number of pyridine rings is 1. The van der Waals surface area contributed by atoms with Gasteiger partial charge in [-0.1, -0.05) is 37.3 Å². The van der Waals surface area contributed by atoms with E-state index in [2.05, 4.69) is 4.98 Å². The molecule has 104 valence electrons.